The van der Waals surface area contributed by atoms with Crippen LogP contribution in [-0.4, -0.2) is 47.6 Å². The van der Waals surface area contributed by atoms with Crippen molar-refractivity contribution in [2.24, 2.45) is 5.92 Å². The van der Waals surface area contributed by atoms with Gasteiger partial charge in [0.2, 0.25) is 0 Å². The molecule has 34 heavy (non-hydrogen) atoms. The molecule has 2 atom stereocenters. The molecule has 3 aromatic carbocycles. The molecule has 1 heterocycles. The normalized spacial score (nSPS) is 22.3. The SMILES string of the molecule is COC1c2ccc(-c3ccc(-c4ccccc4)cc3)cc2CCC1CCN1CCC(O)(O)CC1. The molecule has 0 spiro atoms. The number of hydrogen-bond donors (Lipinski definition) is 2. The standard InChI is InChI=1S/C30H35NO3/c1-34-29-25(15-18-31-19-16-30(32,33)17-20-31)11-12-27-21-26(13-14-28(27)29)24-9-7-23(8-10-24)22-5-3-2-4-6-22/h2-10,13-14,21,25,29,32-33H,11-12,15-20H2,1H3. The minimum absolute atomic E-state index is 0.123. The van der Waals surface area contributed by atoms with Gasteiger partial charge in [0.05, 0.1) is 6.10 Å². The average molecular weight is 458 g/mol. The largest absolute Gasteiger partial charge is 0.376 e. The molecular formula is C30H35NO3. The van der Waals surface area contributed by atoms with Gasteiger partial charge >= 0.3 is 0 Å². The fourth-order valence-electron chi connectivity index (χ4n) is 5.61. The number of fused-ring (bicyclic) bond motifs is 1. The van der Waals surface area contributed by atoms with Crippen molar-refractivity contribution < 1.29 is 14.9 Å². The van der Waals surface area contributed by atoms with E-state index in [0.29, 0.717) is 18.8 Å². The molecule has 5 rings (SSSR count). The van der Waals surface area contributed by atoms with Gasteiger partial charge in [-0.15, -0.1) is 0 Å². The number of aryl methyl sites for hydroxylation is 1. The molecule has 0 radical (unpaired) electrons. The van der Waals surface area contributed by atoms with Crippen molar-refractivity contribution in [3.05, 3.63) is 83.9 Å². The van der Waals surface area contributed by atoms with Crippen molar-refractivity contribution in [3.8, 4) is 22.3 Å². The Labute approximate surface area is 202 Å². The third kappa shape index (κ3) is 5.11. The highest BCUT2D eigenvalue weighted by molar-refractivity contribution is 5.71. The van der Waals surface area contributed by atoms with Crippen LogP contribution < -0.4 is 0 Å². The van der Waals surface area contributed by atoms with Gasteiger partial charge in [-0.3, -0.25) is 0 Å². The lowest BCUT2D eigenvalue weighted by Crippen LogP contribution is -2.44. The van der Waals surface area contributed by atoms with E-state index in [1.165, 1.54) is 33.4 Å². The van der Waals surface area contributed by atoms with E-state index in [9.17, 15) is 10.2 Å². The molecule has 2 N–H and O–H groups in total. The zero-order valence-electron chi connectivity index (χ0n) is 20.0. The summed E-state index contributed by atoms with van der Waals surface area (Å²) in [6, 6.07) is 26.2. The molecule has 1 saturated heterocycles. The number of hydrogen-bond acceptors (Lipinski definition) is 4. The molecule has 1 aliphatic carbocycles. The van der Waals surface area contributed by atoms with Gasteiger partial charge in [0.15, 0.2) is 5.79 Å². The first-order chi connectivity index (χ1) is 16.5. The van der Waals surface area contributed by atoms with Gasteiger partial charge in [-0.2, -0.15) is 0 Å². The predicted molar refractivity (Wildman–Crippen MR) is 136 cm³/mol. The number of aliphatic hydroxyl groups is 2. The molecule has 1 aliphatic heterocycles. The van der Waals surface area contributed by atoms with Crippen molar-refractivity contribution in [2.45, 2.75) is 44.0 Å². The van der Waals surface area contributed by atoms with Crippen molar-refractivity contribution >= 4 is 0 Å². The molecule has 0 aromatic heterocycles. The highest BCUT2D eigenvalue weighted by Crippen LogP contribution is 2.40. The van der Waals surface area contributed by atoms with E-state index >= 15 is 0 Å². The molecule has 2 aliphatic rings. The van der Waals surface area contributed by atoms with Crippen LogP contribution in [0.15, 0.2) is 72.8 Å². The zero-order valence-corrected chi connectivity index (χ0v) is 20.0. The van der Waals surface area contributed by atoms with Gasteiger partial charge in [-0.1, -0.05) is 72.8 Å². The third-order valence-electron chi connectivity index (χ3n) is 7.71. The van der Waals surface area contributed by atoms with Crippen LogP contribution in [0.1, 0.15) is 42.9 Å². The Morgan fingerprint density at radius 2 is 1.47 bits per heavy atom. The lowest BCUT2D eigenvalue weighted by Gasteiger charge is -2.37. The van der Waals surface area contributed by atoms with Crippen LogP contribution in [0.5, 0.6) is 0 Å². The van der Waals surface area contributed by atoms with Gasteiger partial charge in [0, 0.05) is 33.0 Å². The molecule has 4 nitrogen and oxygen atoms in total. The first kappa shape index (κ1) is 23.3. The van der Waals surface area contributed by atoms with Crippen molar-refractivity contribution in [2.75, 3.05) is 26.7 Å². The molecule has 0 bridgehead atoms. The second-order valence-electron chi connectivity index (χ2n) is 9.92. The summed E-state index contributed by atoms with van der Waals surface area (Å²) in [5.41, 5.74) is 7.71. The molecule has 4 heteroatoms. The van der Waals surface area contributed by atoms with Gasteiger partial charge in [-0.25, -0.2) is 0 Å². The molecule has 0 saturated carbocycles. The van der Waals surface area contributed by atoms with Crippen LogP contribution >= 0.6 is 0 Å². The maximum absolute atomic E-state index is 9.78. The summed E-state index contributed by atoms with van der Waals surface area (Å²) < 4.78 is 6.01. The van der Waals surface area contributed by atoms with E-state index in [4.69, 9.17) is 4.74 Å². The lowest BCUT2D eigenvalue weighted by molar-refractivity contribution is -0.189. The first-order valence-corrected chi connectivity index (χ1v) is 12.5. The lowest BCUT2D eigenvalue weighted by atomic mass is 9.78. The zero-order chi connectivity index (χ0) is 23.5. The Balaban J connectivity index is 1.26. The smallest absolute Gasteiger partial charge is 0.164 e. The maximum atomic E-state index is 9.78. The summed E-state index contributed by atoms with van der Waals surface area (Å²) in [4.78, 5) is 2.36. The maximum Gasteiger partial charge on any atom is 0.164 e. The van der Waals surface area contributed by atoms with Crippen LogP contribution in [0.2, 0.25) is 0 Å². The molecule has 3 aromatic rings. The number of piperidine rings is 1. The molecule has 2 unspecified atom stereocenters. The summed E-state index contributed by atoms with van der Waals surface area (Å²) in [5.74, 6) is -0.988. The molecular weight excluding hydrogens is 422 g/mol. The quantitative estimate of drug-likeness (QED) is 0.484. The Morgan fingerprint density at radius 1 is 0.853 bits per heavy atom. The number of ether oxygens (including phenoxy) is 1. The van der Waals surface area contributed by atoms with E-state index < -0.39 is 5.79 Å². The summed E-state index contributed by atoms with van der Waals surface area (Å²) in [6.45, 7) is 2.49. The van der Waals surface area contributed by atoms with Crippen molar-refractivity contribution in [1.29, 1.82) is 0 Å². The fraction of sp³-hybridized carbons (Fsp3) is 0.400. The predicted octanol–water partition coefficient (Wildman–Crippen LogP) is 5.44. The first-order valence-electron chi connectivity index (χ1n) is 12.5. The van der Waals surface area contributed by atoms with E-state index in [0.717, 1.165) is 38.9 Å². The van der Waals surface area contributed by atoms with Gasteiger partial charge in [0.1, 0.15) is 0 Å². The summed E-state index contributed by atoms with van der Waals surface area (Å²) >= 11 is 0. The fourth-order valence-corrected chi connectivity index (χ4v) is 5.61. The topological polar surface area (TPSA) is 52.9 Å². The third-order valence-corrected chi connectivity index (χ3v) is 7.71. The van der Waals surface area contributed by atoms with E-state index in [-0.39, 0.29) is 6.10 Å². The Bertz CT molecular complexity index is 1080. The van der Waals surface area contributed by atoms with E-state index in [2.05, 4.69) is 71.6 Å². The Hall–Kier alpha value is -2.50. The van der Waals surface area contributed by atoms with Gasteiger partial charge in [0.25, 0.3) is 0 Å². The summed E-state index contributed by atoms with van der Waals surface area (Å²) in [7, 11) is 1.83. The minimum atomic E-state index is -1.48. The van der Waals surface area contributed by atoms with Crippen LogP contribution in [-0.2, 0) is 11.2 Å². The van der Waals surface area contributed by atoms with Crippen molar-refractivity contribution in [3.63, 3.8) is 0 Å². The Morgan fingerprint density at radius 3 is 2.15 bits per heavy atom. The van der Waals surface area contributed by atoms with Crippen LogP contribution in [0.3, 0.4) is 0 Å². The molecule has 1 fully saturated rings. The summed E-state index contributed by atoms with van der Waals surface area (Å²) in [5, 5.41) is 19.6. The monoisotopic (exact) mass is 457 g/mol. The number of rotatable bonds is 6. The van der Waals surface area contributed by atoms with Crippen LogP contribution in [0.4, 0.5) is 0 Å². The summed E-state index contributed by atoms with van der Waals surface area (Å²) in [6.07, 6.45) is 4.26. The molecule has 0 amide bonds. The van der Waals surface area contributed by atoms with E-state index in [1.54, 1.807) is 0 Å². The Kier molecular flexibility index (Phi) is 6.84. The molecule has 178 valence electrons. The number of likely N-dealkylation sites (tertiary alicyclic amines) is 1. The van der Waals surface area contributed by atoms with E-state index in [1.807, 2.05) is 13.2 Å². The second kappa shape index (κ2) is 10.0. The number of methoxy groups -OCH3 is 1. The number of benzene rings is 3. The number of nitrogens with zero attached hydrogens (tertiary/aromatic N) is 1. The highest BCUT2D eigenvalue weighted by Gasteiger charge is 2.32. The van der Waals surface area contributed by atoms with Gasteiger partial charge in [-0.05, 0) is 65.1 Å². The second-order valence-corrected chi connectivity index (χ2v) is 9.92. The van der Waals surface area contributed by atoms with Crippen LogP contribution in [0, 0.1) is 5.92 Å². The minimum Gasteiger partial charge on any atom is -0.376 e. The van der Waals surface area contributed by atoms with Crippen molar-refractivity contribution in [1.82, 2.24) is 4.90 Å². The van der Waals surface area contributed by atoms with Crippen LogP contribution in [0.25, 0.3) is 22.3 Å². The van der Waals surface area contributed by atoms with Gasteiger partial charge < -0.3 is 19.8 Å². The average Bonchev–Trinajstić information content (AvgIpc) is 2.88. The highest BCUT2D eigenvalue weighted by atomic mass is 16.5.